The van der Waals surface area contributed by atoms with Gasteiger partial charge in [-0.05, 0) is 25.5 Å². The molecule has 1 atom stereocenters. The molecule has 0 spiro atoms. The number of anilines is 1. The average molecular weight is 372 g/mol. The summed E-state index contributed by atoms with van der Waals surface area (Å²) in [7, 11) is 3.01. The van der Waals surface area contributed by atoms with E-state index in [1.807, 2.05) is 0 Å². The van der Waals surface area contributed by atoms with Gasteiger partial charge >= 0.3 is 5.97 Å². The highest BCUT2D eigenvalue weighted by Crippen LogP contribution is 2.38. The Morgan fingerprint density at radius 3 is 2.70 bits per heavy atom. The van der Waals surface area contributed by atoms with Crippen molar-refractivity contribution < 1.29 is 19.2 Å². The van der Waals surface area contributed by atoms with Crippen molar-refractivity contribution in [1.29, 1.82) is 0 Å². The Balaban J connectivity index is 1.94. The Bertz CT molecular complexity index is 922. The molecule has 9 heteroatoms. The van der Waals surface area contributed by atoms with Crippen molar-refractivity contribution in [1.82, 2.24) is 9.55 Å². The summed E-state index contributed by atoms with van der Waals surface area (Å²) >= 11 is 0. The van der Waals surface area contributed by atoms with Crippen molar-refractivity contribution in [3.05, 3.63) is 52.1 Å². The normalized spacial score (nSPS) is 19.1. The van der Waals surface area contributed by atoms with Gasteiger partial charge in [0.2, 0.25) is 5.78 Å². The quantitative estimate of drug-likeness (QED) is 0.342. The van der Waals surface area contributed by atoms with Crippen LogP contribution in [0.25, 0.3) is 0 Å². The number of imidazole rings is 1. The molecule has 1 aliphatic heterocycles. The Morgan fingerprint density at radius 1 is 1.37 bits per heavy atom. The minimum absolute atomic E-state index is 0.177. The lowest BCUT2D eigenvalue weighted by Gasteiger charge is -2.23. The maximum absolute atomic E-state index is 12.6. The van der Waals surface area contributed by atoms with E-state index in [1.54, 1.807) is 41.8 Å². The number of methoxy groups -OCH3 is 1. The van der Waals surface area contributed by atoms with E-state index in [-0.39, 0.29) is 23.0 Å². The van der Waals surface area contributed by atoms with E-state index in [1.165, 1.54) is 19.4 Å². The first-order chi connectivity index (χ1) is 12.8. The van der Waals surface area contributed by atoms with E-state index in [4.69, 9.17) is 4.74 Å². The molecule has 0 bridgehead atoms. The first-order valence-electron chi connectivity index (χ1n) is 8.40. The van der Waals surface area contributed by atoms with Crippen LogP contribution in [0.2, 0.25) is 0 Å². The minimum atomic E-state index is -0.718. The van der Waals surface area contributed by atoms with Crippen molar-refractivity contribution in [2.24, 2.45) is 12.5 Å². The fourth-order valence-corrected chi connectivity index (χ4v) is 3.37. The first kappa shape index (κ1) is 18.6. The fraction of sp³-hybridized carbons (Fsp3) is 0.389. The number of esters is 1. The van der Waals surface area contributed by atoms with Gasteiger partial charge < -0.3 is 14.2 Å². The summed E-state index contributed by atoms with van der Waals surface area (Å²) in [5, 5.41) is 11.6. The van der Waals surface area contributed by atoms with Crippen LogP contribution in [0.1, 0.15) is 29.5 Å². The number of benzene rings is 1. The Labute approximate surface area is 155 Å². The largest absolute Gasteiger partial charge is 0.469 e. The Morgan fingerprint density at radius 2 is 2.11 bits per heavy atom. The van der Waals surface area contributed by atoms with Gasteiger partial charge in [0.15, 0.2) is 5.82 Å². The van der Waals surface area contributed by atoms with Gasteiger partial charge in [-0.25, -0.2) is 4.98 Å². The lowest BCUT2D eigenvalue weighted by molar-refractivity contribution is -0.384. The summed E-state index contributed by atoms with van der Waals surface area (Å²) in [5.41, 5.74) is -0.327. The number of carbonyl (C=O) groups excluding carboxylic acids is 2. The lowest BCUT2D eigenvalue weighted by atomic mass is 9.90. The summed E-state index contributed by atoms with van der Waals surface area (Å²) in [4.78, 5) is 41.5. The molecule has 0 radical (unpaired) electrons. The zero-order chi connectivity index (χ0) is 19.8. The van der Waals surface area contributed by atoms with Crippen LogP contribution in [0, 0.1) is 15.5 Å². The molecule has 0 saturated carbocycles. The highest BCUT2D eigenvalue weighted by molar-refractivity contribution is 6.07. The second-order valence-corrected chi connectivity index (χ2v) is 6.88. The van der Waals surface area contributed by atoms with Crippen molar-refractivity contribution in [2.45, 2.75) is 13.3 Å². The van der Waals surface area contributed by atoms with Crippen molar-refractivity contribution in [3.63, 3.8) is 0 Å². The third-order valence-electron chi connectivity index (χ3n) is 4.95. The number of ketones is 1. The fourth-order valence-electron chi connectivity index (χ4n) is 3.37. The molecule has 1 aromatic heterocycles. The van der Waals surface area contributed by atoms with Gasteiger partial charge in [-0.3, -0.25) is 19.7 Å². The summed E-state index contributed by atoms with van der Waals surface area (Å²) in [6.45, 7) is 2.58. The predicted octanol–water partition coefficient (Wildman–Crippen LogP) is 1.95. The van der Waals surface area contributed by atoms with Gasteiger partial charge in [0, 0.05) is 44.2 Å². The van der Waals surface area contributed by atoms with E-state index in [0.717, 1.165) is 0 Å². The number of nitrogens with zero attached hydrogens (tertiary/aromatic N) is 4. The number of carbonyl (C=O) groups is 2. The number of nitro groups is 1. The first-order valence-corrected chi connectivity index (χ1v) is 8.40. The van der Waals surface area contributed by atoms with Crippen LogP contribution < -0.4 is 4.90 Å². The van der Waals surface area contributed by atoms with Crippen LogP contribution in [0.3, 0.4) is 0 Å². The number of nitro benzene ring substituents is 1. The van der Waals surface area contributed by atoms with Crippen molar-refractivity contribution >= 4 is 23.1 Å². The molecule has 1 aromatic carbocycles. The molecule has 2 heterocycles. The number of hydrogen-bond acceptors (Lipinski definition) is 7. The maximum atomic E-state index is 12.6. The molecular formula is C18H20N4O5. The Hall–Kier alpha value is -3.23. The van der Waals surface area contributed by atoms with E-state index >= 15 is 0 Å². The molecule has 0 aliphatic carbocycles. The summed E-state index contributed by atoms with van der Waals surface area (Å²) in [6, 6.07) is 4.37. The smallest absolute Gasteiger partial charge is 0.313 e. The highest BCUT2D eigenvalue weighted by atomic mass is 16.6. The predicted molar refractivity (Wildman–Crippen MR) is 96.7 cm³/mol. The van der Waals surface area contributed by atoms with Gasteiger partial charge in [-0.15, -0.1) is 0 Å². The standard InChI is InChI=1S/C18H20N4O5/c1-18(17(24)27-3)6-8-21(11-18)13-5-4-12(10-14(13)22(25)26)15(23)16-19-7-9-20(16)2/h4-5,7,9-10H,6,8,11H2,1-3H3. The number of rotatable bonds is 5. The van der Waals surface area contributed by atoms with E-state index < -0.39 is 16.1 Å². The second kappa shape index (κ2) is 6.82. The monoisotopic (exact) mass is 372 g/mol. The molecule has 142 valence electrons. The average Bonchev–Trinajstić information content (AvgIpc) is 3.26. The van der Waals surface area contributed by atoms with E-state index in [0.29, 0.717) is 25.2 Å². The van der Waals surface area contributed by atoms with E-state index in [9.17, 15) is 19.7 Å². The zero-order valence-corrected chi connectivity index (χ0v) is 15.3. The number of aryl methyl sites for hydroxylation is 1. The number of ether oxygens (including phenoxy) is 1. The molecule has 1 aliphatic rings. The third kappa shape index (κ3) is 3.27. The highest BCUT2D eigenvalue weighted by Gasteiger charge is 2.42. The van der Waals surface area contributed by atoms with Crippen LogP contribution in [-0.2, 0) is 16.6 Å². The molecule has 1 saturated heterocycles. The summed E-state index contributed by atoms with van der Waals surface area (Å²) in [5.74, 6) is -0.524. The molecule has 1 unspecified atom stereocenters. The molecule has 0 amide bonds. The molecule has 9 nitrogen and oxygen atoms in total. The maximum Gasteiger partial charge on any atom is 0.313 e. The van der Waals surface area contributed by atoms with Crippen molar-refractivity contribution in [3.8, 4) is 0 Å². The lowest BCUT2D eigenvalue weighted by Crippen LogP contribution is -2.33. The van der Waals surface area contributed by atoms with Crippen LogP contribution in [0.5, 0.6) is 0 Å². The summed E-state index contributed by atoms with van der Waals surface area (Å²) < 4.78 is 6.41. The zero-order valence-electron chi connectivity index (χ0n) is 15.3. The SMILES string of the molecule is COC(=O)C1(C)CCN(c2ccc(C(=O)c3nccn3C)cc2[N+](=O)[O-])C1. The van der Waals surface area contributed by atoms with E-state index in [2.05, 4.69) is 4.98 Å². The molecule has 27 heavy (non-hydrogen) atoms. The van der Waals surface area contributed by atoms with Gasteiger partial charge in [-0.2, -0.15) is 0 Å². The molecule has 3 rings (SSSR count). The molecule has 2 aromatic rings. The molecular weight excluding hydrogens is 352 g/mol. The topological polar surface area (TPSA) is 108 Å². The number of hydrogen-bond donors (Lipinski definition) is 0. The molecule has 1 fully saturated rings. The Kier molecular flexibility index (Phi) is 4.69. The van der Waals surface area contributed by atoms with Crippen molar-refractivity contribution in [2.75, 3.05) is 25.1 Å². The van der Waals surface area contributed by atoms with Gasteiger partial charge in [0.05, 0.1) is 17.4 Å². The van der Waals surface area contributed by atoms with Gasteiger partial charge in [-0.1, -0.05) is 0 Å². The molecule has 0 N–H and O–H groups in total. The van der Waals surface area contributed by atoms with Crippen LogP contribution in [0.4, 0.5) is 11.4 Å². The summed E-state index contributed by atoms with van der Waals surface area (Å²) in [6.07, 6.45) is 3.66. The van der Waals surface area contributed by atoms with Crippen LogP contribution in [-0.4, -0.2) is 46.4 Å². The number of aromatic nitrogens is 2. The second-order valence-electron chi connectivity index (χ2n) is 6.88. The van der Waals surface area contributed by atoms with Gasteiger partial charge in [0.25, 0.3) is 5.69 Å². The third-order valence-corrected chi connectivity index (χ3v) is 4.95. The van der Waals surface area contributed by atoms with Gasteiger partial charge in [0.1, 0.15) is 5.69 Å². The minimum Gasteiger partial charge on any atom is -0.469 e. The van der Waals surface area contributed by atoms with Crippen LogP contribution in [0.15, 0.2) is 30.6 Å². The van der Waals surface area contributed by atoms with Crippen LogP contribution >= 0.6 is 0 Å².